The lowest BCUT2D eigenvalue weighted by Crippen LogP contribution is -2.13. The average molecular weight is 347 g/mol. The van der Waals surface area contributed by atoms with Crippen molar-refractivity contribution in [3.8, 4) is 17.2 Å². The molecule has 0 atom stereocenters. The first-order valence-electron chi connectivity index (χ1n) is 6.35. The van der Waals surface area contributed by atoms with Crippen LogP contribution in [0.25, 0.3) is 0 Å². The summed E-state index contributed by atoms with van der Waals surface area (Å²) in [6.07, 6.45) is -4.66. The van der Waals surface area contributed by atoms with Gasteiger partial charge in [-0.2, -0.15) is 13.2 Å². The van der Waals surface area contributed by atoms with E-state index in [0.29, 0.717) is 18.2 Å². The molecule has 0 aliphatic heterocycles. The van der Waals surface area contributed by atoms with Gasteiger partial charge in [0, 0.05) is 6.07 Å². The largest absolute Gasteiger partial charge is 0.493 e. The molecule has 0 bridgehead atoms. The Balaban J connectivity index is 2.47. The van der Waals surface area contributed by atoms with Gasteiger partial charge < -0.3 is 15.2 Å². The van der Waals surface area contributed by atoms with E-state index < -0.39 is 46.3 Å². The Hall–Kier alpha value is -2.84. The summed E-state index contributed by atoms with van der Waals surface area (Å²) in [5.41, 5.74) is 3.09. The summed E-state index contributed by atoms with van der Waals surface area (Å²) in [5, 5.41) is 0. The SMILES string of the molecule is COc1ccc(C(F)(F)F)cc1Oc1cc(F)c(C(N)=O)cc1F. The maximum atomic E-state index is 13.9. The number of amides is 1. The molecule has 1 amide bonds. The Morgan fingerprint density at radius 2 is 1.67 bits per heavy atom. The molecule has 2 rings (SSSR count). The zero-order chi connectivity index (χ0) is 18.1. The van der Waals surface area contributed by atoms with Gasteiger partial charge in [-0.05, 0) is 24.3 Å². The number of hydrogen-bond acceptors (Lipinski definition) is 3. The van der Waals surface area contributed by atoms with Crippen LogP contribution in [0.5, 0.6) is 17.2 Å². The third-order valence-corrected chi connectivity index (χ3v) is 3.00. The van der Waals surface area contributed by atoms with E-state index in [1.165, 1.54) is 7.11 Å². The van der Waals surface area contributed by atoms with Crippen molar-refractivity contribution in [2.75, 3.05) is 7.11 Å². The van der Waals surface area contributed by atoms with Gasteiger partial charge in [-0.1, -0.05) is 0 Å². The first-order chi connectivity index (χ1) is 11.1. The van der Waals surface area contributed by atoms with Crippen LogP contribution in [0, 0.1) is 11.6 Å². The molecule has 0 aromatic heterocycles. The number of benzene rings is 2. The highest BCUT2D eigenvalue weighted by molar-refractivity contribution is 5.93. The number of carbonyl (C=O) groups is 1. The molecule has 0 unspecified atom stereocenters. The number of ether oxygens (including phenoxy) is 2. The van der Waals surface area contributed by atoms with Gasteiger partial charge in [-0.25, -0.2) is 8.78 Å². The number of hydrogen-bond donors (Lipinski definition) is 1. The fourth-order valence-electron chi connectivity index (χ4n) is 1.85. The van der Waals surface area contributed by atoms with Crippen LogP contribution in [-0.2, 0) is 6.18 Å². The van der Waals surface area contributed by atoms with Gasteiger partial charge >= 0.3 is 6.18 Å². The molecule has 0 fully saturated rings. The molecule has 4 nitrogen and oxygen atoms in total. The van der Waals surface area contributed by atoms with Crippen LogP contribution in [0.3, 0.4) is 0 Å². The van der Waals surface area contributed by atoms with Crippen molar-refractivity contribution in [1.29, 1.82) is 0 Å². The lowest BCUT2D eigenvalue weighted by molar-refractivity contribution is -0.137. The monoisotopic (exact) mass is 347 g/mol. The minimum absolute atomic E-state index is 0.123. The molecular formula is C15H10F5NO3. The second-order valence-electron chi connectivity index (χ2n) is 4.59. The van der Waals surface area contributed by atoms with Crippen molar-refractivity contribution in [3.63, 3.8) is 0 Å². The second-order valence-corrected chi connectivity index (χ2v) is 4.59. The molecule has 0 saturated carbocycles. The Morgan fingerprint density at radius 1 is 1.00 bits per heavy atom. The predicted molar refractivity (Wildman–Crippen MR) is 72.9 cm³/mol. The molecule has 9 heteroatoms. The number of nitrogens with two attached hydrogens (primary N) is 1. The van der Waals surface area contributed by atoms with Crippen LogP contribution in [0.1, 0.15) is 15.9 Å². The third-order valence-electron chi connectivity index (χ3n) is 3.00. The number of methoxy groups -OCH3 is 1. The lowest BCUT2D eigenvalue weighted by atomic mass is 10.1. The van der Waals surface area contributed by atoms with Crippen molar-refractivity contribution < 1.29 is 36.2 Å². The molecular weight excluding hydrogens is 337 g/mol. The Bertz CT molecular complexity index is 789. The molecule has 2 N–H and O–H groups in total. The van der Waals surface area contributed by atoms with Crippen molar-refractivity contribution in [1.82, 2.24) is 0 Å². The Morgan fingerprint density at radius 3 is 2.21 bits per heavy atom. The highest BCUT2D eigenvalue weighted by Gasteiger charge is 2.31. The Kier molecular flexibility index (Phi) is 4.63. The molecule has 0 aliphatic rings. The zero-order valence-corrected chi connectivity index (χ0v) is 12.1. The van der Waals surface area contributed by atoms with Gasteiger partial charge in [0.2, 0.25) is 0 Å². The maximum Gasteiger partial charge on any atom is 0.416 e. The van der Waals surface area contributed by atoms with Gasteiger partial charge in [-0.3, -0.25) is 4.79 Å². The molecule has 0 aliphatic carbocycles. The molecule has 128 valence electrons. The van der Waals surface area contributed by atoms with Crippen molar-refractivity contribution >= 4 is 5.91 Å². The molecule has 0 spiro atoms. The number of carbonyl (C=O) groups excluding carboxylic acids is 1. The van der Waals surface area contributed by atoms with E-state index >= 15 is 0 Å². The summed E-state index contributed by atoms with van der Waals surface area (Å²) in [6.45, 7) is 0. The number of rotatable bonds is 4. The highest BCUT2D eigenvalue weighted by atomic mass is 19.4. The van der Waals surface area contributed by atoms with Gasteiger partial charge in [0.25, 0.3) is 5.91 Å². The van der Waals surface area contributed by atoms with E-state index in [4.69, 9.17) is 15.2 Å². The van der Waals surface area contributed by atoms with E-state index in [9.17, 15) is 26.7 Å². The van der Waals surface area contributed by atoms with Gasteiger partial charge in [0.1, 0.15) is 5.82 Å². The third kappa shape index (κ3) is 3.55. The van der Waals surface area contributed by atoms with Crippen LogP contribution in [0.15, 0.2) is 30.3 Å². The Labute approximate surface area is 132 Å². The second kappa shape index (κ2) is 6.34. The number of primary amides is 1. The van der Waals surface area contributed by atoms with E-state index in [0.717, 1.165) is 12.1 Å². The molecule has 0 radical (unpaired) electrons. The maximum absolute atomic E-state index is 13.9. The topological polar surface area (TPSA) is 61.6 Å². The summed E-state index contributed by atoms with van der Waals surface area (Å²) in [7, 11) is 1.17. The summed E-state index contributed by atoms with van der Waals surface area (Å²) >= 11 is 0. The van der Waals surface area contributed by atoms with Crippen LogP contribution in [0.2, 0.25) is 0 Å². The normalized spacial score (nSPS) is 11.2. The van der Waals surface area contributed by atoms with Gasteiger partial charge in [0.15, 0.2) is 23.1 Å². The van der Waals surface area contributed by atoms with Crippen LogP contribution in [0.4, 0.5) is 22.0 Å². The number of halogens is 5. The smallest absolute Gasteiger partial charge is 0.416 e. The minimum atomic E-state index is -4.66. The van der Waals surface area contributed by atoms with Crippen molar-refractivity contribution in [2.45, 2.75) is 6.18 Å². The standard InChI is InChI=1S/C15H10F5NO3/c1-23-11-3-2-7(15(18,19)20)4-13(11)24-12-6-9(16)8(14(21)22)5-10(12)17/h2-6H,1H3,(H2,21,22). The van der Waals surface area contributed by atoms with Crippen LogP contribution in [-0.4, -0.2) is 13.0 Å². The molecule has 24 heavy (non-hydrogen) atoms. The summed E-state index contributed by atoms with van der Waals surface area (Å²) in [4.78, 5) is 10.9. The summed E-state index contributed by atoms with van der Waals surface area (Å²) < 4.78 is 75.6. The van der Waals surface area contributed by atoms with Crippen LogP contribution >= 0.6 is 0 Å². The van der Waals surface area contributed by atoms with Crippen LogP contribution < -0.4 is 15.2 Å². The van der Waals surface area contributed by atoms with Crippen molar-refractivity contribution in [3.05, 3.63) is 53.1 Å². The summed E-state index contributed by atoms with van der Waals surface area (Å²) in [5.74, 6) is -4.88. The first-order valence-corrected chi connectivity index (χ1v) is 6.35. The van der Waals surface area contributed by atoms with Crippen molar-refractivity contribution in [2.24, 2.45) is 5.73 Å². The van der Waals surface area contributed by atoms with Gasteiger partial charge in [0.05, 0.1) is 18.2 Å². The zero-order valence-electron chi connectivity index (χ0n) is 12.1. The quantitative estimate of drug-likeness (QED) is 0.854. The van der Waals surface area contributed by atoms with Gasteiger partial charge in [-0.15, -0.1) is 0 Å². The van der Waals surface area contributed by atoms with E-state index in [-0.39, 0.29) is 5.75 Å². The predicted octanol–water partition coefficient (Wildman–Crippen LogP) is 3.88. The van der Waals surface area contributed by atoms with E-state index in [2.05, 4.69) is 0 Å². The fourth-order valence-corrected chi connectivity index (χ4v) is 1.85. The number of alkyl halides is 3. The fraction of sp³-hybridized carbons (Fsp3) is 0.133. The molecule has 0 heterocycles. The van der Waals surface area contributed by atoms with E-state index in [1.54, 1.807) is 0 Å². The molecule has 0 saturated heterocycles. The first kappa shape index (κ1) is 17.5. The molecule has 2 aromatic rings. The summed E-state index contributed by atoms with van der Waals surface area (Å²) in [6, 6.07) is 3.31. The molecule has 2 aromatic carbocycles. The highest BCUT2D eigenvalue weighted by Crippen LogP contribution is 2.39. The van der Waals surface area contributed by atoms with E-state index in [1.807, 2.05) is 0 Å². The minimum Gasteiger partial charge on any atom is -0.493 e. The lowest BCUT2D eigenvalue weighted by Gasteiger charge is -2.14. The average Bonchev–Trinajstić information content (AvgIpc) is 2.49.